The van der Waals surface area contributed by atoms with Gasteiger partial charge in [-0.05, 0) is 67.9 Å². The van der Waals surface area contributed by atoms with Crippen LogP contribution in [0, 0.1) is 13.8 Å². The molecule has 0 aliphatic carbocycles. The van der Waals surface area contributed by atoms with Crippen molar-refractivity contribution in [3.05, 3.63) is 58.3 Å². The summed E-state index contributed by atoms with van der Waals surface area (Å²) in [5, 5.41) is 9.72. The van der Waals surface area contributed by atoms with Crippen LogP contribution in [0.15, 0.2) is 41.6 Å². The molecule has 31 heavy (non-hydrogen) atoms. The smallest absolute Gasteiger partial charge is 0.255 e. The van der Waals surface area contributed by atoms with Crippen LogP contribution in [0.4, 0.5) is 5.69 Å². The number of methoxy groups -OCH3 is 3. The second-order valence-electron chi connectivity index (χ2n) is 7.30. The van der Waals surface area contributed by atoms with Crippen LogP contribution in [0.2, 0.25) is 0 Å². The van der Waals surface area contributed by atoms with Crippen molar-refractivity contribution < 1.29 is 19.0 Å². The van der Waals surface area contributed by atoms with E-state index in [9.17, 15) is 4.79 Å². The number of amides is 1. The third-order valence-electron chi connectivity index (χ3n) is 5.18. The van der Waals surface area contributed by atoms with Gasteiger partial charge >= 0.3 is 0 Å². The monoisotopic (exact) mass is 441 g/mol. The van der Waals surface area contributed by atoms with Gasteiger partial charge in [0.15, 0.2) is 16.6 Å². The Hall–Kier alpha value is -3.26. The van der Waals surface area contributed by atoms with E-state index in [4.69, 9.17) is 26.4 Å². The molecule has 7 nitrogen and oxygen atoms in total. The number of ether oxygens (including phenoxy) is 3. The van der Waals surface area contributed by atoms with E-state index < -0.39 is 6.04 Å². The first-order chi connectivity index (χ1) is 14.8. The van der Waals surface area contributed by atoms with Crippen molar-refractivity contribution in [3.8, 4) is 17.2 Å². The van der Waals surface area contributed by atoms with E-state index in [1.54, 1.807) is 21.3 Å². The summed E-state index contributed by atoms with van der Waals surface area (Å²) in [6.07, 6.45) is 0. The minimum Gasteiger partial charge on any atom is -0.493 e. The van der Waals surface area contributed by atoms with Crippen molar-refractivity contribution in [2.45, 2.75) is 26.8 Å². The van der Waals surface area contributed by atoms with Gasteiger partial charge in [-0.2, -0.15) is 0 Å². The van der Waals surface area contributed by atoms with Gasteiger partial charge in [-0.15, -0.1) is 0 Å². The van der Waals surface area contributed by atoms with Crippen LogP contribution in [-0.4, -0.2) is 32.3 Å². The average molecular weight is 442 g/mol. The maximum Gasteiger partial charge on any atom is 0.255 e. The maximum absolute atomic E-state index is 13.4. The van der Waals surface area contributed by atoms with E-state index in [0.29, 0.717) is 33.6 Å². The van der Waals surface area contributed by atoms with Crippen molar-refractivity contribution in [3.63, 3.8) is 0 Å². The standard InChI is InChI=1S/C23H27N3O4S/c1-12-7-8-13(2)16(9-12)25-22(27)19-14(3)24-23(31)26-20(19)15-10-17(28-4)21(30-6)18(11-15)29-5/h7-11,20H,1-6H3,(H,25,27)(H2,24,26,31). The molecule has 0 saturated carbocycles. The zero-order chi connectivity index (χ0) is 22.7. The third kappa shape index (κ3) is 4.59. The highest BCUT2D eigenvalue weighted by atomic mass is 32.1. The number of hydrogen-bond donors (Lipinski definition) is 3. The highest BCUT2D eigenvalue weighted by Gasteiger charge is 2.31. The van der Waals surface area contributed by atoms with Crippen LogP contribution in [0.1, 0.15) is 29.7 Å². The summed E-state index contributed by atoms with van der Waals surface area (Å²) in [6.45, 7) is 5.77. The molecule has 0 fully saturated rings. The molecule has 0 aromatic heterocycles. The van der Waals surface area contributed by atoms with Gasteiger partial charge in [0, 0.05) is 11.4 Å². The molecule has 164 valence electrons. The summed E-state index contributed by atoms with van der Waals surface area (Å²) in [5.74, 6) is 1.24. The minimum atomic E-state index is -0.507. The molecule has 1 aliphatic heterocycles. The van der Waals surface area contributed by atoms with Gasteiger partial charge in [-0.25, -0.2) is 0 Å². The molecule has 1 aliphatic rings. The molecule has 1 amide bonds. The summed E-state index contributed by atoms with van der Waals surface area (Å²) in [7, 11) is 4.65. The van der Waals surface area contributed by atoms with Crippen LogP contribution >= 0.6 is 12.2 Å². The van der Waals surface area contributed by atoms with E-state index in [1.807, 2.05) is 51.1 Å². The second kappa shape index (κ2) is 9.26. The van der Waals surface area contributed by atoms with Crippen molar-refractivity contribution in [2.24, 2.45) is 0 Å². The number of thiocarbonyl (C=S) groups is 1. The van der Waals surface area contributed by atoms with Gasteiger partial charge in [0.05, 0.1) is 32.9 Å². The van der Waals surface area contributed by atoms with Crippen molar-refractivity contribution in [1.29, 1.82) is 0 Å². The molecule has 0 spiro atoms. The topological polar surface area (TPSA) is 80.9 Å². The average Bonchev–Trinajstić information content (AvgIpc) is 2.74. The van der Waals surface area contributed by atoms with Gasteiger partial charge in [-0.1, -0.05) is 12.1 Å². The largest absolute Gasteiger partial charge is 0.493 e. The lowest BCUT2D eigenvalue weighted by Gasteiger charge is -2.31. The number of aryl methyl sites for hydroxylation is 2. The Labute approximate surface area is 187 Å². The van der Waals surface area contributed by atoms with E-state index in [-0.39, 0.29) is 5.91 Å². The quantitative estimate of drug-likeness (QED) is 0.589. The van der Waals surface area contributed by atoms with Crippen molar-refractivity contribution >= 4 is 28.9 Å². The SMILES string of the molecule is COc1cc(C2NC(=S)NC(C)=C2C(=O)Nc2cc(C)ccc2C)cc(OC)c1OC. The Balaban J connectivity index is 2.06. The fraction of sp³-hybridized carbons (Fsp3) is 0.304. The predicted molar refractivity (Wildman–Crippen MR) is 125 cm³/mol. The Morgan fingerprint density at radius 1 is 1.00 bits per heavy atom. The lowest BCUT2D eigenvalue weighted by molar-refractivity contribution is -0.113. The first-order valence-corrected chi connectivity index (χ1v) is 10.2. The Kier molecular flexibility index (Phi) is 6.70. The zero-order valence-electron chi connectivity index (χ0n) is 18.5. The van der Waals surface area contributed by atoms with Crippen LogP contribution in [-0.2, 0) is 4.79 Å². The van der Waals surface area contributed by atoms with E-state index in [1.165, 1.54) is 0 Å². The van der Waals surface area contributed by atoms with Gasteiger partial charge in [0.1, 0.15) is 0 Å². The summed E-state index contributed by atoms with van der Waals surface area (Å²) in [5.41, 5.74) is 4.75. The molecular formula is C23H27N3O4S. The molecule has 0 saturated heterocycles. The Bertz CT molecular complexity index is 1040. The number of nitrogens with one attached hydrogen (secondary N) is 3. The highest BCUT2D eigenvalue weighted by Crippen LogP contribution is 2.41. The number of anilines is 1. The van der Waals surface area contributed by atoms with Gasteiger partial charge < -0.3 is 30.2 Å². The Morgan fingerprint density at radius 3 is 2.23 bits per heavy atom. The molecule has 2 aromatic rings. The normalized spacial score (nSPS) is 15.7. The second-order valence-corrected chi connectivity index (χ2v) is 7.71. The molecule has 1 atom stereocenters. The first-order valence-electron chi connectivity index (χ1n) is 9.75. The lowest BCUT2D eigenvalue weighted by atomic mass is 9.94. The summed E-state index contributed by atoms with van der Waals surface area (Å²) in [6, 6.07) is 9.06. The minimum absolute atomic E-state index is 0.229. The van der Waals surface area contributed by atoms with Crippen LogP contribution < -0.4 is 30.2 Å². The van der Waals surface area contributed by atoms with Crippen LogP contribution in [0.25, 0.3) is 0 Å². The molecule has 1 unspecified atom stereocenters. The number of benzene rings is 2. The summed E-state index contributed by atoms with van der Waals surface area (Å²) in [4.78, 5) is 13.4. The molecule has 2 aromatic carbocycles. The van der Waals surface area contributed by atoms with Gasteiger partial charge in [0.25, 0.3) is 5.91 Å². The molecule has 3 rings (SSSR count). The van der Waals surface area contributed by atoms with Crippen LogP contribution in [0.3, 0.4) is 0 Å². The van der Waals surface area contributed by atoms with Crippen LogP contribution in [0.5, 0.6) is 17.2 Å². The highest BCUT2D eigenvalue weighted by molar-refractivity contribution is 7.80. The number of allylic oxidation sites excluding steroid dienone is 1. The maximum atomic E-state index is 13.4. The zero-order valence-corrected chi connectivity index (χ0v) is 19.3. The predicted octanol–water partition coefficient (Wildman–Crippen LogP) is 3.76. The van der Waals surface area contributed by atoms with E-state index in [0.717, 1.165) is 22.4 Å². The summed E-state index contributed by atoms with van der Waals surface area (Å²) >= 11 is 5.36. The number of hydrogen-bond acceptors (Lipinski definition) is 5. The molecule has 3 N–H and O–H groups in total. The Morgan fingerprint density at radius 2 is 1.65 bits per heavy atom. The fourth-order valence-electron chi connectivity index (χ4n) is 3.57. The molecule has 0 radical (unpaired) electrons. The van der Waals surface area contributed by atoms with Crippen molar-refractivity contribution in [1.82, 2.24) is 10.6 Å². The number of carbonyl (C=O) groups is 1. The van der Waals surface area contributed by atoms with E-state index >= 15 is 0 Å². The summed E-state index contributed by atoms with van der Waals surface area (Å²) < 4.78 is 16.4. The first kappa shape index (κ1) is 22.4. The molecule has 1 heterocycles. The number of carbonyl (C=O) groups excluding carboxylic acids is 1. The van der Waals surface area contributed by atoms with E-state index in [2.05, 4.69) is 16.0 Å². The van der Waals surface area contributed by atoms with Gasteiger partial charge in [0.2, 0.25) is 5.75 Å². The fourth-order valence-corrected chi connectivity index (χ4v) is 3.84. The number of rotatable bonds is 6. The molecular weight excluding hydrogens is 414 g/mol. The molecule has 0 bridgehead atoms. The third-order valence-corrected chi connectivity index (χ3v) is 5.40. The van der Waals surface area contributed by atoms with Gasteiger partial charge in [-0.3, -0.25) is 4.79 Å². The van der Waals surface area contributed by atoms with Crippen molar-refractivity contribution in [2.75, 3.05) is 26.6 Å². The lowest BCUT2D eigenvalue weighted by Crippen LogP contribution is -2.45. The molecule has 8 heteroatoms.